The van der Waals surface area contributed by atoms with E-state index in [0.29, 0.717) is 12.1 Å². The second kappa shape index (κ2) is 10.3. The van der Waals surface area contributed by atoms with Crippen molar-refractivity contribution in [1.82, 2.24) is 10.6 Å². The lowest BCUT2D eigenvalue weighted by atomic mass is 9.90. The molecule has 1 aromatic rings. The van der Waals surface area contributed by atoms with E-state index in [1.807, 2.05) is 0 Å². The Balaban J connectivity index is 1.55. The Morgan fingerprint density at radius 2 is 1.65 bits per heavy atom. The zero-order valence-corrected chi connectivity index (χ0v) is 19.6. The summed E-state index contributed by atoms with van der Waals surface area (Å²) in [6, 6.07) is 4.85. The monoisotopic (exact) mass is 501 g/mol. The summed E-state index contributed by atoms with van der Waals surface area (Å²) in [6.07, 6.45) is 7.76. The molecule has 0 aromatic heterocycles. The van der Waals surface area contributed by atoms with Gasteiger partial charge in [0.1, 0.15) is 5.84 Å². The van der Waals surface area contributed by atoms with Crippen molar-refractivity contribution in [2.24, 2.45) is 11.7 Å². The van der Waals surface area contributed by atoms with Crippen LogP contribution < -0.4 is 21.7 Å². The number of nitrogens with two attached hydrogens (primary N) is 1. The molecule has 188 valence electrons. The summed E-state index contributed by atoms with van der Waals surface area (Å²) in [4.78, 5) is 10.9. The molecule has 2 aliphatic rings. The van der Waals surface area contributed by atoms with Crippen molar-refractivity contribution in [3.63, 3.8) is 0 Å². The topological polar surface area (TPSA) is 137 Å². The van der Waals surface area contributed by atoms with Crippen molar-refractivity contribution in [3.8, 4) is 0 Å². The first-order valence-electron chi connectivity index (χ1n) is 11.2. The Kier molecular flexibility index (Phi) is 7.91. The van der Waals surface area contributed by atoms with Crippen molar-refractivity contribution in [2.75, 3.05) is 5.32 Å². The minimum Gasteiger partial charge on any atom is -0.387 e. The van der Waals surface area contributed by atoms with Gasteiger partial charge in [-0.3, -0.25) is 10.2 Å². The van der Waals surface area contributed by atoms with E-state index in [2.05, 4.69) is 22.9 Å². The number of sulfone groups is 1. The van der Waals surface area contributed by atoms with E-state index in [1.54, 1.807) is 0 Å². The minimum absolute atomic E-state index is 0.128. The summed E-state index contributed by atoms with van der Waals surface area (Å²) in [6.45, 7) is 2.23. The van der Waals surface area contributed by atoms with Crippen LogP contribution in [0.15, 0.2) is 40.9 Å². The highest BCUT2D eigenvalue weighted by molar-refractivity contribution is 7.92. The van der Waals surface area contributed by atoms with E-state index >= 15 is 0 Å². The molecule has 2 saturated carbocycles. The van der Waals surface area contributed by atoms with Gasteiger partial charge in [-0.05, 0) is 75.6 Å². The van der Waals surface area contributed by atoms with Crippen LogP contribution in [0.5, 0.6) is 0 Å². The van der Waals surface area contributed by atoms with E-state index in [-0.39, 0.29) is 23.1 Å². The smallest absolute Gasteiger partial charge is 0.387 e. The Labute approximate surface area is 197 Å². The van der Waals surface area contributed by atoms with Crippen LogP contribution in [0.4, 0.5) is 18.9 Å². The molecule has 12 heteroatoms. The Hall–Kier alpha value is -2.60. The number of amidine groups is 1. The third-order valence-corrected chi connectivity index (χ3v) is 7.79. The maximum atomic E-state index is 12.7. The number of primary amides is 1. The molecule has 0 saturated heterocycles. The van der Waals surface area contributed by atoms with Crippen LogP contribution in [0.3, 0.4) is 0 Å². The first-order valence-corrected chi connectivity index (χ1v) is 12.7. The van der Waals surface area contributed by atoms with Gasteiger partial charge >= 0.3 is 5.51 Å². The standard InChI is InChI=1S/C22H30F3N5O3S/c1-13(14-2-3-14)29-16-6-4-15(5-7-16)28-12-19(21(27)31)20(26)30-17-8-10-18(11-9-17)34(32,33)22(23,24)25/h8-16,28-29H,2-7H2,1H3,(H2,26,30)(H2,27,31)/b19-12+/t13-,15-,16-/m1/s1. The van der Waals surface area contributed by atoms with Crippen LogP contribution in [-0.4, -0.2) is 43.8 Å². The third-order valence-electron chi connectivity index (χ3n) is 6.29. The van der Waals surface area contributed by atoms with Gasteiger partial charge in [0.2, 0.25) is 0 Å². The predicted octanol–water partition coefficient (Wildman–Crippen LogP) is 3.03. The molecule has 0 aliphatic heterocycles. The zero-order valence-electron chi connectivity index (χ0n) is 18.8. The molecule has 0 radical (unpaired) electrons. The van der Waals surface area contributed by atoms with Crippen LogP contribution in [0.1, 0.15) is 45.4 Å². The van der Waals surface area contributed by atoms with E-state index in [4.69, 9.17) is 11.1 Å². The summed E-state index contributed by atoms with van der Waals surface area (Å²) < 4.78 is 60.9. The number of alkyl halides is 3. The normalized spacial score (nSPS) is 22.6. The fourth-order valence-corrected chi connectivity index (χ4v) is 4.82. The van der Waals surface area contributed by atoms with Crippen LogP contribution in [0, 0.1) is 11.3 Å². The molecule has 0 spiro atoms. The van der Waals surface area contributed by atoms with Gasteiger partial charge in [0.05, 0.1) is 10.5 Å². The molecule has 0 heterocycles. The molecule has 2 aliphatic carbocycles. The Bertz CT molecular complexity index is 1030. The average Bonchev–Trinajstić information content (AvgIpc) is 3.60. The highest BCUT2D eigenvalue weighted by Gasteiger charge is 2.46. The van der Waals surface area contributed by atoms with Gasteiger partial charge in [-0.2, -0.15) is 13.2 Å². The fraction of sp³-hybridized carbons (Fsp3) is 0.545. The van der Waals surface area contributed by atoms with Crippen molar-refractivity contribution in [1.29, 1.82) is 5.41 Å². The number of carbonyl (C=O) groups excluding carboxylic acids is 1. The summed E-state index contributed by atoms with van der Waals surface area (Å²) in [5, 5.41) is 17.5. The fourth-order valence-electron chi connectivity index (χ4n) is 4.06. The number of nitrogens with one attached hydrogen (secondary N) is 4. The van der Waals surface area contributed by atoms with Gasteiger partial charge in [-0.1, -0.05) is 0 Å². The molecule has 1 amide bonds. The number of halogens is 3. The lowest BCUT2D eigenvalue weighted by molar-refractivity contribution is -0.114. The van der Waals surface area contributed by atoms with Crippen molar-refractivity contribution in [2.45, 2.75) is 74.0 Å². The molecule has 3 rings (SSSR count). The quantitative estimate of drug-likeness (QED) is 0.200. The van der Waals surface area contributed by atoms with Crippen LogP contribution in [0.2, 0.25) is 0 Å². The lowest BCUT2D eigenvalue weighted by Gasteiger charge is -2.31. The van der Waals surface area contributed by atoms with Gasteiger partial charge in [0.15, 0.2) is 0 Å². The Morgan fingerprint density at radius 3 is 2.15 bits per heavy atom. The minimum atomic E-state index is -5.47. The van der Waals surface area contributed by atoms with Gasteiger partial charge in [0, 0.05) is 30.0 Å². The van der Waals surface area contributed by atoms with Gasteiger partial charge in [-0.25, -0.2) is 8.42 Å². The SMILES string of the molecule is C[C@@H](N[C@H]1CC[C@H](N/C=C(\C(=N)Nc2ccc(S(=O)(=O)C(F)(F)F)cc2)C(N)=O)CC1)C1CC1. The molecule has 0 unspecified atom stereocenters. The van der Waals surface area contributed by atoms with Gasteiger partial charge in [-0.15, -0.1) is 0 Å². The number of carbonyl (C=O) groups is 1. The highest BCUT2D eigenvalue weighted by Crippen LogP contribution is 2.33. The van der Waals surface area contributed by atoms with Gasteiger partial charge < -0.3 is 21.7 Å². The largest absolute Gasteiger partial charge is 0.501 e. The molecule has 0 bridgehead atoms. The lowest BCUT2D eigenvalue weighted by Crippen LogP contribution is -2.43. The number of anilines is 1. The molecule has 1 atom stereocenters. The first-order chi connectivity index (χ1) is 15.9. The number of benzene rings is 1. The number of hydrogen-bond acceptors (Lipinski definition) is 6. The molecule has 34 heavy (non-hydrogen) atoms. The molecular weight excluding hydrogens is 471 g/mol. The maximum absolute atomic E-state index is 12.7. The molecule has 2 fully saturated rings. The molecule has 1 aromatic carbocycles. The van der Waals surface area contributed by atoms with Crippen molar-refractivity contribution >= 4 is 27.3 Å². The highest BCUT2D eigenvalue weighted by atomic mass is 32.2. The van der Waals surface area contributed by atoms with E-state index in [9.17, 15) is 26.4 Å². The van der Waals surface area contributed by atoms with E-state index in [1.165, 1.54) is 19.0 Å². The maximum Gasteiger partial charge on any atom is 0.501 e. The number of hydrogen-bond donors (Lipinski definition) is 5. The van der Waals surface area contributed by atoms with Crippen molar-refractivity contribution < 1.29 is 26.4 Å². The second-order valence-corrected chi connectivity index (χ2v) is 10.8. The molecular formula is C22H30F3N5O3S. The zero-order chi connectivity index (χ0) is 25.1. The summed E-state index contributed by atoms with van der Waals surface area (Å²) in [5.41, 5.74) is -0.00126. The van der Waals surface area contributed by atoms with Gasteiger partial charge in [0.25, 0.3) is 15.7 Å². The van der Waals surface area contributed by atoms with Crippen molar-refractivity contribution in [3.05, 3.63) is 36.0 Å². The molecule has 8 nitrogen and oxygen atoms in total. The summed E-state index contributed by atoms with van der Waals surface area (Å²) in [5.74, 6) is -0.421. The van der Waals surface area contributed by atoms with Crippen LogP contribution >= 0.6 is 0 Å². The average molecular weight is 502 g/mol. The predicted molar refractivity (Wildman–Crippen MR) is 123 cm³/mol. The molecule has 6 N–H and O–H groups in total. The van der Waals surface area contributed by atoms with Crippen LogP contribution in [-0.2, 0) is 14.6 Å². The van der Waals surface area contributed by atoms with Crippen LogP contribution in [0.25, 0.3) is 0 Å². The number of amides is 1. The summed E-state index contributed by atoms with van der Waals surface area (Å²) >= 11 is 0. The number of rotatable bonds is 9. The summed E-state index contributed by atoms with van der Waals surface area (Å²) in [7, 11) is -5.47. The van der Waals surface area contributed by atoms with E-state index in [0.717, 1.165) is 55.9 Å². The second-order valence-electron chi connectivity index (χ2n) is 8.90. The first kappa shape index (κ1) is 26.0. The third kappa shape index (κ3) is 6.50. The Morgan fingerprint density at radius 1 is 1.09 bits per heavy atom. The van der Waals surface area contributed by atoms with E-state index < -0.39 is 26.1 Å².